The molecule has 0 aromatic heterocycles. The number of rotatable bonds is 4. The standard InChI is InChI=1S/C15H21NO5/c1-2-21-15(19)8-9-16(10-13(15)17)14(18)20-11-12-6-4-3-5-7-12/h3-7,13,17,19H,2,8-11H2,1H3. The van der Waals surface area contributed by atoms with Crippen LogP contribution in [-0.2, 0) is 16.1 Å². The van der Waals surface area contributed by atoms with Crippen molar-refractivity contribution >= 4 is 6.09 Å². The van der Waals surface area contributed by atoms with Gasteiger partial charge in [0.2, 0.25) is 0 Å². The highest BCUT2D eigenvalue weighted by Gasteiger charge is 2.43. The van der Waals surface area contributed by atoms with Crippen molar-refractivity contribution in [3.63, 3.8) is 0 Å². The summed E-state index contributed by atoms with van der Waals surface area (Å²) in [6.07, 6.45) is -1.49. The first-order chi connectivity index (χ1) is 10.0. The van der Waals surface area contributed by atoms with Gasteiger partial charge in [0.05, 0.1) is 6.54 Å². The van der Waals surface area contributed by atoms with E-state index in [-0.39, 0.29) is 26.1 Å². The van der Waals surface area contributed by atoms with Crippen molar-refractivity contribution in [2.24, 2.45) is 0 Å². The predicted molar refractivity (Wildman–Crippen MR) is 75.4 cm³/mol. The van der Waals surface area contributed by atoms with E-state index in [4.69, 9.17) is 9.47 Å². The summed E-state index contributed by atoms with van der Waals surface area (Å²) in [5.74, 6) is -1.58. The quantitative estimate of drug-likeness (QED) is 0.814. The van der Waals surface area contributed by atoms with E-state index in [0.29, 0.717) is 6.61 Å². The Hall–Kier alpha value is -1.63. The van der Waals surface area contributed by atoms with Gasteiger partial charge < -0.3 is 24.6 Å². The van der Waals surface area contributed by atoms with Gasteiger partial charge in [-0.15, -0.1) is 0 Å². The molecule has 0 bridgehead atoms. The van der Waals surface area contributed by atoms with Crippen molar-refractivity contribution in [1.82, 2.24) is 4.90 Å². The first-order valence-electron chi connectivity index (χ1n) is 7.05. The number of hydrogen-bond acceptors (Lipinski definition) is 5. The number of benzene rings is 1. The Balaban J connectivity index is 1.85. The lowest BCUT2D eigenvalue weighted by molar-refractivity contribution is -0.272. The first-order valence-corrected chi connectivity index (χ1v) is 7.05. The lowest BCUT2D eigenvalue weighted by atomic mass is 10.0. The second kappa shape index (κ2) is 6.89. The fourth-order valence-corrected chi connectivity index (χ4v) is 2.30. The third-order valence-corrected chi connectivity index (χ3v) is 3.51. The van der Waals surface area contributed by atoms with Crippen LogP contribution in [0.2, 0.25) is 0 Å². The molecule has 0 spiro atoms. The number of hydrogen-bond donors (Lipinski definition) is 2. The van der Waals surface area contributed by atoms with Gasteiger partial charge in [-0.2, -0.15) is 0 Å². The van der Waals surface area contributed by atoms with Gasteiger partial charge in [0.1, 0.15) is 12.7 Å². The number of carbonyl (C=O) groups is 1. The number of nitrogens with zero attached hydrogens (tertiary/aromatic N) is 1. The van der Waals surface area contributed by atoms with Crippen LogP contribution in [0, 0.1) is 0 Å². The Labute approximate surface area is 123 Å². The summed E-state index contributed by atoms with van der Waals surface area (Å²) in [4.78, 5) is 13.3. The van der Waals surface area contributed by atoms with Crippen molar-refractivity contribution in [3.05, 3.63) is 35.9 Å². The van der Waals surface area contributed by atoms with Gasteiger partial charge in [-0.05, 0) is 12.5 Å². The molecule has 1 saturated heterocycles. The van der Waals surface area contributed by atoms with Crippen molar-refractivity contribution in [2.45, 2.75) is 31.8 Å². The smallest absolute Gasteiger partial charge is 0.410 e. The Morgan fingerprint density at radius 2 is 2.14 bits per heavy atom. The molecule has 1 amide bonds. The maximum absolute atomic E-state index is 12.0. The third kappa shape index (κ3) is 3.93. The van der Waals surface area contributed by atoms with Gasteiger partial charge in [-0.25, -0.2) is 4.79 Å². The Morgan fingerprint density at radius 3 is 2.76 bits per heavy atom. The Kier molecular flexibility index (Phi) is 5.17. The zero-order valence-electron chi connectivity index (χ0n) is 12.1. The van der Waals surface area contributed by atoms with Gasteiger partial charge in [-0.1, -0.05) is 30.3 Å². The summed E-state index contributed by atoms with van der Waals surface area (Å²) >= 11 is 0. The van der Waals surface area contributed by atoms with Crippen LogP contribution in [0.4, 0.5) is 4.79 Å². The van der Waals surface area contributed by atoms with Crippen LogP contribution in [0.15, 0.2) is 30.3 Å². The van der Waals surface area contributed by atoms with Gasteiger partial charge in [0.15, 0.2) is 5.79 Å². The molecule has 116 valence electrons. The van der Waals surface area contributed by atoms with Gasteiger partial charge in [0, 0.05) is 19.6 Å². The van der Waals surface area contributed by atoms with Crippen LogP contribution in [0.25, 0.3) is 0 Å². The molecule has 1 aliphatic heterocycles. The van der Waals surface area contributed by atoms with E-state index >= 15 is 0 Å². The minimum Gasteiger partial charge on any atom is -0.445 e. The van der Waals surface area contributed by atoms with Crippen LogP contribution in [0.1, 0.15) is 18.9 Å². The van der Waals surface area contributed by atoms with Gasteiger partial charge in [0.25, 0.3) is 0 Å². The molecule has 0 radical (unpaired) electrons. The number of β-amino-alcohol motifs (C(OH)–C–C–N with tert-alkyl or cyclic N) is 1. The number of piperidine rings is 1. The van der Waals surface area contributed by atoms with Crippen LogP contribution in [0.3, 0.4) is 0 Å². The van der Waals surface area contributed by atoms with Crippen LogP contribution in [-0.4, -0.2) is 52.8 Å². The molecule has 2 unspecified atom stereocenters. The summed E-state index contributed by atoms with van der Waals surface area (Å²) < 4.78 is 10.4. The lowest BCUT2D eigenvalue weighted by Crippen LogP contribution is -2.58. The van der Waals surface area contributed by atoms with Crippen LogP contribution in [0.5, 0.6) is 0 Å². The molecule has 6 heteroatoms. The molecule has 2 N–H and O–H groups in total. The Morgan fingerprint density at radius 1 is 1.43 bits per heavy atom. The molecule has 1 aliphatic rings. The van der Waals surface area contributed by atoms with Crippen molar-refractivity contribution in [2.75, 3.05) is 19.7 Å². The van der Waals surface area contributed by atoms with E-state index in [1.807, 2.05) is 30.3 Å². The molecule has 0 saturated carbocycles. The number of aliphatic hydroxyl groups excluding tert-OH is 1. The summed E-state index contributed by atoms with van der Waals surface area (Å²) in [5, 5.41) is 20.0. The summed E-state index contributed by atoms with van der Waals surface area (Å²) in [6, 6.07) is 9.37. The van der Waals surface area contributed by atoms with E-state index in [2.05, 4.69) is 0 Å². The maximum atomic E-state index is 12.0. The van der Waals surface area contributed by atoms with E-state index in [1.165, 1.54) is 4.90 Å². The first kappa shape index (κ1) is 15.8. The lowest BCUT2D eigenvalue weighted by Gasteiger charge is -2.40. The largest absolute Gasteiger partial charge is 0.445 e. The number of amides is 1. The summed E-state index contributed by atoms with van der Waals surface area (Å²) in [5.41, 5.74) is 0.897. The van der Waals surface area contributed by atoms with E-state index in [1.54, 1.807) is 6.92 Å². The van der Waals surface area contributed by atoms with E-state index in [0.717, 1.165) is 5.56 Å². The zero-order valence-corrected chi connectivity index (χ0v) is 12.1. The van der Waals surface area contributed by atoms with E-state index < -0.39 is 18.0 Å². The summed E-state index contributed by atoms with van der Waals surface area (Å²) in [6.45, 7) is 2.49. The minimum absolute atomic E-state index is 0.00980. The number of ether oxygens (including phenoxy) is 2. The molecule has 1 heterocycles. The highest BCUT2D eigenvalue weighted by Crippen LogP contribution is 2.24. The topological polar surface area (TPSA) is 79.2 Å². The molecule has 2 rings (SSSR count). The van der Waals surface area contributed by atoms with E-state index in [9.17, 15) is 15.0 Å². The molecule has 0 aliphatic carbocycles. The number of carbonyl (C=O) groups excluding carboxylic acids is 1. The van der Waals surface area contributed by atoms with Gasteiger partial charge in [-0.3, -0.25) is 0 Å². The molecular weight excluding hydrogens is 274 g/mol. The monoisotopic (exact) mass is 295 g/mol. The van der Waals surface area contributed by atoms with Crippen LogP contribution >= 0.6 is 0 Å². The summed E-state index contributed by atoms with van der Waals surface area (Å²) in [7, 11) is 0. The number of aliphatic hydroxyl groups is 2. The third-order valence-electron chi connectivity index (χ3n) is 3.51. The van der Waals surface area contributed by atoms with Crippen molar-refractivity contribution < 1.29 is 24.5 Å². The highest BCUT2D eigenvalue weighted by molar-refractivity contribution is 5.67. The normalized spacial score (nSPS) is 25.7. The fourth-order valence-electron chi connectivity index (χ4n) is 2.30. The van der Waals surface area contributed by atoms with Crippen molar-refractivity contribution in [1.29, 1.82) is 0 Å². The average molecular weight is 295 g/mol. The molecular formula is C15H21NO5. The molecule has 1 aromatic carbocycles. The second-order valence-electron chi connectivity index (χ2n) is 5.03. The SMILES string of the molecule is CCOC1(O)CCN(C(=O)OCc2ccccc2)CC1O. The number of likely N-dealkylation sites (tertiary alicyclic amines) is 1. The molecule has 1 aromatic rings. The molecule has 2 atom stereocenters. The highest BCUT2D eigenvalue weighted by atomic mass is 16.6. The predicted octanol–water partition coefficient (Wildman–Crippen LogP) is 1.11. The fraction of sp³-hybridized carbons (Fsp3) is 0.533. The zero-order chi connectivity index (χ0) is 15.3. The molecule has 6 nitrogen and oxygen atoms in total. The average Bonchev–Trinajstić information content (AvgIpc) is 2.49. The van der Waals surface area contributed by atoms with Crippen molar-refractivity contribution in [3.8, 4) is 0 Å². The minimum atomic E-state index is -1.58. The molecule has 1 fully saturated rings. The maximum Gasteiger partial charge on any atom is 0.410 e. The van der Waals surface area contributed by atoms with Gasteiger partial charge >= 0.3 is 6.09 Å². The molecule has 21 heavy (non-hydrogen) atoms. The second-order valence-corrected chi connectivity index (χ2v) is 5.03. The van der Waals surface area contributed by atoms with Crippen LogP contribution < -0.4 is 0 Å². The Bertz CT molecular complexity index is 466.